The van der Waals surface area contributed by atoms with E-state index in [1.807, 2.05) is 0 Å². The van der Waals surface area contributed by atoms with Gasteiger partial charge in [0.1, 0.15) is 0 Å². The maximum atomic E-state index is 10.9. The molecule has 0 amide bonds. The third-order valence-electron chi connectivity index (χ3n) is 1.68. The van der Waals surface area contributed by atoms with Gasteiger partial charge in [-0.1, -0.05) is 34.1 Å². The van der Waals surface area contributed by atoms with Crippen molar-refractivity contribution in [1.29, 1.82) is 0 Å². The zero-order valence-corrected chi connectivity index (χ0v) is 10.1. The summed E-state index contributed by atoms with van der Waals surface area (Å²) < 4.78 is 0.744. The second-order valence-electron chi connectivity index (χ2n) is 2.87. The van der Waals surface area contributed by atoms with Crippen LogP contribution in [0.15, 0.2) is 29.3 Å². The highest BCUT2D eigenvalue weighted by Crippen LogP contribution is 2.21. The summed E-state index contributed by atoms with van der Waals surface area (Å²) in [5, 5.41) is 12.3. The topological polar surface area (TPSA) is 49.3 Å². The van der Waals surface area contributed by atoms with Gasteiger partial charge in [-0.3, -0.25) is 0 Å². The molecule has 0 heterocycles. The lowest BCUT2D eigenvalue weighted by Gasteiger charge is -2.08. The second-order valence-corrected chi connectivity index (χ2v) is 4.42. The normalized spacial score (nSPS) is 9.73. The van der Waals surface area contributed by atoms with Crippen LogP contribution in [0.2, 0.25) is 5.02 Å². The number of carboxylic acids is 1. The van der Waals surface area contributed by atoms with Crippen LogP contribution in [0.5, 0.6) is 0 Å². The number of carboxylic acid groups (broad SMARTS) is 1. The van der Waals surface area contributed by atoms with Gasteiger partial charge in [0.15, 0.2) is 0 Å². The van der Waals surface area contributed by atoms with Crippen molar-refractivity contribution < 1.29 is 9.90 Å². The molecule has 0 saturated heterocycles. The van der Waals surface area contributed by atoms with E-state index in [0.29, 0.717) is 17.3 Å². The molecule has 0 aliphatic carbocycles. The highest BCUT2D eigenvalue weighted by atomic mass is 79.9. The van der Waals surface area contributed by atoms with Gasteiger partial charge in [0.25, 0.3) is 0 Å². The number of halogens is 2. The van der Waals surface area contributed by atoms with E-state index >= 15 is 0 Å². The van der Waals surface area contributed by atoms with Crippen LogP contribution in [0, 0.1) is 0 Å². The number of benzene rings is 1. The van der Waals surface area contributed by atoms with Gasteiger partial charge in [-0.2, -0.15) is 0 Å². The number of aromatic carboxylic acids is 1. The van der Waals surface area contributed by atoms with Crippen LogP contribution in [-0.4, -0.2) is 17.6 Å². The quantitative estimate of drug-likeness (QED) is 0.894. The molecule has 0 fully saturated rings. The molecule has 1 rings (SSSR count). The van der Waals surface area contributed by atoms with Crippen LogP contribution in [-0.2, 0) is 0 Å². The Morgan fingerprint density at radius 3 is 2.80 bits per heavy atom. The summed E-state index contributed by atoms with van der Waals surface area (Å²) in [7, 11) is 0. The molecule has 5 heteroatoms. The van der Waals surface area contributed by atoms with Crippen molar-refractivity contribution in [3.05, 3.63) is 39.8 Å². The number of hydrogen-bond acceptors (Lipinski definition) is 2. The molecule has 3 nitrogen and oxygen atoms in total. The SMILES string of the molecule is C=C(Br)CNc1ccc(Cl)cc1C(=O)O. The third kappa shape index (κ3) is 3.57. The largest absolute Gasteiger partial charge is 0.478 e. The zero-order chi connectivity index (χ0) is 11.4. The molecule has 0 aromatic heterocycles. The summed E-state index contributed by atoms with van der Waals surface area (Å²) in [6.45, 7) is 4.10. The predicted octanol–water partition coefficient (Wildman–Crippen LogP) is 3.36. The summed E-state index contributed by atoms with van der Waals surface area (Å²) in [6, 6.07) is 4.66. The Bertz CT molecular complexity index is 406. The summed E-state index contributed by atoms with van der Waals surface area (Å²) in [5.74, 6) is -1.01. The Balaban J connectivity index is 2.95. The molecule has 1 aromatic rings. The number of rotatable bonds is 4. The van der Waals surface area contributed by atoms with E-state index in [-0.39, 0.29) is 5.56 Å². The average Bonchev–Trinajstić information content (AvgIpc) is 2.15. The molecule has 0 saturated carbocycles. The van der Waals surface area contributed by atoms with Gasteiger partial charge in [0, 0.05) is 21.7 Å². The Kier molecular flexibility index (Phi) is 4.17. The molecule has 0 radical (unpaired) electrons. The van der Waals surface area contributed by atoms with Crippen molar-refractivity contribution in [2.75, 3.05) is 11.9 Å². The van der Waals surface area contributed by atoms with E-state index in [1.165, 1.54) is 6.07 Å². The number of carbonyl (C=O) groups is 1. The number of anilines is 1. The molecule has 0 atom stereocenters. The molecule has 0 unspecified atom stereocenters. The van der Waals surface area contributed by atoms with Gasteiger partial charge in [-0.25, -0.2) is 4.79 Å². The fraction of sp³-hybridized carbons (Fsp3) is 0.100. The maximum absolute atomic E-state index is 10.9. The van der Waals surface area contributed by atoms with Gasteiger partial charge in [0.2, 0.25) is 0 Å². The van der Waals surface area contributed by atoms with Crippen LogP contribution >= 0.6 is 27.5 Å². The minimum Gasteiger partial charge on any atom is -0.478 e. The van der Waals surface area contributed by atoms with E-state index in [1.54, 1.807) is 12.1 Å². The molecule has 0 aliphatic rings. The lowest BCUT2D eigenvalue weighted by molar-refractivity contribution is 0.0698. The van der Waals surface area contributed by atoms with Gasteiger partial charge in [-0.15, -0.1) is 0 Å². The lowest BCUT2D eigenvalue weighted by atomic mass is 10.2. The molecule has 2 N–H and O–H groups in total. The van der Waals surface area contributed by atoms with Gasteiger partial charge < -0.3 is 10.4 Å². The lowest BCUT2D eigenvalue weighted by Crippen LogP contribution is -2.07. The number of hydrogen-bond donors (Lipinski definition) is 2. The molecule has 0 aliphatic heterocycles. The smallest absolute Gasteiger partial charge is 0.337 e. The van der Waals surface area contributed by atoms with Crippen LogP contribution in [0.3, 0.4) is 0 Å². The minimum atomic E-state index is -1.01. The predicted molar refractivity (Wildman–Crippen MR) is 65.0 cm³/mol. The monoisotopic (exact) mass is 289 g/mol. The van der Waals surface area contributed by atoms with E-state index in [9.17, 15) is 4.79 Å². The van der Waals surface area contributed by atoms with E-state index in [2.05, 4.69) is 27.8 Å². The Morgan fingerprint density at radius 2 is 2.27 bits per heavy atom. The van der Waals surface area contributed by atoms with E-state index < -0.39 is 5.97 Å². The molecule has 80 valence electrons. The molecule has 0 spiro atoms. The van der Waals surface area contributed by atoms with Crippen molar-refractivity contribution in [3.8, 4) is 0 Å². The molecule has 1 aromatic carbocycles. The fourth-order valence-electron chi connectivity index (χ4n) is 1.04. The van der Waals surface area contributed by atoms with Crippen molar-refractivity contribution >= 4 is 39.2 Å². The summed E-state index contributed by atoms with van der Waals surface area (Å²) in [6.07, 6.45) is 0. The van der Waals surface area contributed by atoms with Crippen molar-refractivity contribution in [1.82, 2.24) is 0 Å². The summed E-state index contributed by atoms with van der Waals surface area (Å²) in [5.41, 5.74) is 0.670. The Morgan fingerprint density at radius 1 is 1.60 bits per heavy atom. The van der Waals surface area contributed by atoms with Crippen molar-refractivity contribution in [2.45, 2.75) is 0 Å². The first-order valence-corrected chi connectivity index (χ1v) is 5.28. The molecular weight excluding hydrogens is 281 g/mol. The molecular formula is C10H9BrClNO2. The Labute approximate surface area is 101 Å². The second kappa shape index (κ2) is 5.19. The van der Waals surface area contributed by atoms with Crippen molar-refractivity contribution in [3.63, 3.8) is 0 Å². The highest BCUT2D eigenvalue weighted by molar-refractivity contribution is 9.11. The van der Waals surface area contributed by atoms with Gasteiger partial charge >= 0.3 is 5.97 Å². The van der Waals surface area contributed by atoms with Crippen molar-refractivity contribution in [2.24, 2.45) is 0 Å². The average molecular weight is 291 g/mol. The first kappa shape index (κ1) is 12.1. The zero-order valence-electron chi connectivity index (χ0n) is 7.76. The fourth-order valence-corrected chi connectivity index (χ4v) is 1.35. The van der Waals surface area contributed by atoms with Crippen LogP contribution < -0.4 is 5.32 Å². The van der Waals surface area contributed by atoms with Gasteiger partial charge in [0.05, 0.1) is 5.56 Å². The van der Waals surface area contributed by atoms with Gasteiger partial charge in [-0.05, 0) is 18.2 Å². The minimum absolute atomic E-state index is 0.149. The summed E-state index contributed by atoms with van der Waals surface area (Å²) >= 11 is 8.88. The van der Waals surface area contributed by atoms with E-state index in [0.717, 1.165) is 4.48 Å². The van der Waals surface area contributed by atoms with Crippen LogP contribution in [0.25, 0.3) is 0 Å². The first-order valence-electron chi connectivity index (χ1n) is 4.10. The highest BCUT2D eigenvalue weighted by Gasteiger charge is 2.10. The Hall–Kier alpha value is -1.00. The van der Waals surface area contributed by atoms with E-state index in [4.69, 9.17) is 16.7 Å². The van der Waals surface area contributed by atoms with Crippen LogP contribution in [0.1, 0.15) is 10.4 Å². The maximum Gasteiger partial charge on any atom is 0.337 e. The first-order chi connectivity index (χ1) is 7.00. The standard InChI is InChI=1S/C10H9BrClNO2/c1-6(11)5-13-9-3-2-7(12)4-8(9)10(14)15/h2-4,13H,1,5H2,(H,14,15). The summed E-state index contributed by atoms with van der Waals surface area (Å²) in [4.78, 5) is 10.9. The molecule has 15 heavy (non-hydrogen) atoms. The third-order valence-corrected chi connectivity index (χ3v) is 2.20. The number of nitrogens with one attached hydrogen (secondary N) is 1. The van der Waals surface area contributed by atoms with Crippen LogP contribution in [0.4, 0.5) is 5.69 Å². The molecule has 0 bridgehead atoms.